The van der Waals surface area contributed by atoms with Crippen LogP contribution < -0.4 is 4.72 Å². The Morgan fingerprint density at radius 2 is 2.06 bits per heavy atom. The summed E-state index contributed by atoms with van der Waals surface area (Å²) < 4.78 is 26.5. The number of carbonyl (C=O) groups is 1. The summed E-state index contributed by atoms with van der Waals surface area (Å²) in [5.74, 6) is -1.22. The molecule has 2 N–H and O–H groups in total. The lowest BCUT2D eigenvalue weighted by molar-refractivity contribution is 0.0698. The lowest BCUT2D eigenvalue weighted by Gasteiger charge is -2.14. The topological polar surface area (TPSA) is 83.5 Å². The van der Waals surface area contributed by atoms with Crippen molar-refractivity contribution in [1.29, 1.82) is 0 Å². The molecule has 0 aliphatic rings. The van der Waals surface area contributed by atoms with Crippen LogP contribution in [0.3, 0.4) is 0 Å². The number of nitrogens with one attached hydrogen (secondary N) is 1. The van der Waals surface area contributed by atoms with E-state index in [0.717, 1.165) is 11.3 Å². The van der Waals surface area contributed by atoms with Crippen molar-refractivity contribution < 1.29 is 18.3 Å². The number of aromatic carboxylic acids is 1. The first-order valence-corrected chi connectivity index (χ1v) is 7.61. The number of hydrogen-bond donors (Lipinski definition) is 2. The maximum atomic E-state index is 12.0. The highest BCUT2D eigenvalue weighted by molar-refractivity contribution is 7.89. The predicted octanol–water partition coefficient (Wildman–Crippen LogP) is 1.91. The molecule has 0 spiro atoms. The Hall–Kier alpha value is -0.920. The van der Waals surface area contributed by atoms with Gasteiger partial charge in [-0.3, -0.25) is 0 Å². The molecule has 0 aliphatic carbocycles. The van der Waals surface area contributed by atoms with Crippen molar-refractivity contribution in [3.63, 3.8) is 0 Å². The first-order valence-electron chi connectivity index (χ1n) is 5.25. The third kappa shape index (κ3) is 3.27. The van der Waals surface area contributed by atoms with Gasteiger partial charge in [-0.1, -0.05) is 13.8 Å². The van der Waals surface area contributed by atoms with Gasteiger partial charge in [0.2, 0.25) is 10.0 Å². The Morgan fingerprint density at radius 3 is 2.53 bits per heavy atom. The molecule has 1 rings (SSSR count). The van der Waals surface area contributed by atoms with Crippen molar-refractivity contribution in [2.24, 2.45) is 0 Å². The molecule has 0 radical (unpaired) electrons. The van der Waals surface area contributed by atoms with Gasteiger partial charge in [0.1, 0.15) is 9.77 Å². The average Bonchev–Trinajstić information content (AvgIpc) is 2.75. The van der Waals surface area contributed by atoms with Gasteiger partial charge in [0, 0.05) is 6.04 Å². The van der Waals surface area contributed by atoms with E-state index in [1.54, 1.807) is 0 Å². The molecular weight excluding hydrogens is 262 g/mol. The molecule has 0 aromatic carbocycles. The minimum Gasteiger partial charge on any atom is -0.477 e. The van der Waals surface area contributed by atoms with E-state index in [0.29, 0.717) is 12.8 Å². The molecule has 0 saturated heterocycles. The Bertz CT molecular complexity index is 488. The second-order valence-corrected chi connectivity index (χ2v) is 6.15. The molecular formula is C10H15NO4S2. The zero-order valence-corrected chi connectivity index (χ0v) is 11.3. The van der Waals surface area contributed by atoms with Crippen LogP contribution in [-0.4, -0.2) is 25.5 Å². The Balaban J connectivity index is 3.05. The van der Waals surface area contributed by atoms with Gasteiger partial charge >= 0.3 is 5.97 Å². The SMILES string of the molecule is CCC(CC)NS(=O)(=O)c1ccsc1C(=O)O. The van der Waals surface area contributed by atoms with Crippen molar-refractivity contribution in [1.82, 2.24) is 4.72 Å². The molecule has 17 heavy (non-hydrogen) atoms. The summed E-state index contributed by atoms with van der Waals surface area (Å²) in [5, 5.41) is 10.3. The van der Waals surface area contributed by atoms with Crippen LogP contribution in [0.25, 0.3) is 0 Å². The standard InChI is InChI=1S/C10H15NO4S2/c1-3-7(4-2)11-17(14,15)8-5-6-16-9(8)10(12)13/h5-7,11H,3-4H2,1-2H3,(H,12,13). The molecule has 0 fully saturated rings. The maximum Gasteiger partial charge on any atom is 0.347 e. The van der Waals surface area contributed by atoms with Crippen LogP contribution in [0.2, 0.25) is 0 Å². The molecule has 0 saturated carbocycles. The normalized spacial score (nSPS) is 11.9. The summed E-state index contributed by atoms with van der Waals surface area (Å²) in [6.07, 6.45) is 1.34. The van der Waals surface area contributed by atoms with E-state index in [-0.39, 0.29) is 15.8 Å². The van der Waals surface area contributed by atoms with Crippen molar-refractivity contribution in [3.8, 4) is 0 Å². The third-order valence-corrected chi connectivity index (χ3v) is 5.01. The van der Waals surface area contributed by atoms with Crippen LogP contribution in [0, 0.1) is 0 Å². The minimum atomic E-state index is -3.74. The fourth-order valence-electron chi connectivity index (χ4n) is 1.40. The number of hydrogen-bond acceptors (Lipinski definition) is 4. The van der Waals surface area contributed by atoms with Gasteiger partial charge in [-0.2, -0.15) is 0 Å². The fraction of sp³-hybridized carbons (Fsp3) is 0.500. The van der Waals surface area contributed by atoms with Gasteiger partial charge in [-0.25, -0.2) is 17.9 Å². The van der Waals surface area contributed by atoms with Crippen LogP contribution in [0.15, 0.2) is 16.3 Å². The number of thiophene rings is 1. The highest BCUT2D eigenvalue weighted by Gasteiger charge is 2.25. The molecule has 1 aromatic rings. The molecule has 7 heteroatoms. The van der Waals surface area contributed by atoms with Crippen molar-refractivity contribution in [3.05, 3.63) is 16.3 Å². The molecule has 0 aliphatic heterocycles. The minimum absolute atomic E-state index is 0.150. The highest BCUT2D eigenvalue weighted by atomic mass is 32.2. The molecule has 1 aromatic heterocycles. The van der Waals surface area contributed by atoms with Gasteiger partial charge in [0.05, 0.1) is 0 Å². The molecule has 5 nitrogen and oxygen atoms in total. The van der Waals surface area contributed by atoms with E-state index in [9.17, 15) is 13.2 Å². The van der Waals surface area contributed by atoms with Gasteiger partial charge in [0.15, 0.2) is 0 Å². The number of rotatable bonds is 6. The summed E-state index contributed by atoms with van der Waals surface area (Å²) in [6.45, 7) is 3.75. The average molecular weight is 277 g/mol. The first-order chi connectivity index (χ1) is 7.92. The van der Waals surface area contributed by atoms with E-state index < -0.39 is 16.0 Å². The second-order valence-electron chi connectivity index (χ2n) is 3.55. The van der Waals surface area contributed by atoms with Crippen molar-refractivity contribution >= 4 is 27.3 Å². The molecule has 1 heterocycles. The largest absolute Gasteiger partial charge is 0.477 e. The van der Waals surface area contributed by atoms with Gasteiger partial charge in [0.25, 0.3) is 0 Å². The van der Waals surface area contributed by atoms with Crippen LogP contribution in [-0.2, 0) is 10.0 Å². The summed E-state index contributed by atoms with van der Waals surface area (Å²) in [4.78, 5) is 10.6. The van der Waals surface area contributed by atoms with Crippen LogP contribution in [0.5, 0.6) is 0 Å². The summed E-state index contributed by atoms with van der Waals surface area (Å²) in [5.41, 5.74) is 0. The van der Waals surface area contributed by atoms with Crippen LogP contribution in [0.4, 0.5) is 0 Å². The van der Waals surface area contributed by atoms with Gasteiger partial charge in [-0.15, -0.1) is 11.3 Å². The summed E-state index contributed by atoms with van der Waals surface area (Å²) >= 11 is 0.908. The quantitative estimate of drug-likeness (QED) is 0.832. The van der Waals surface area contributed by atoms with Crippen molar-refractivity contribution in [2.75, 3.05) is 0 Å². The number of sulfonamides is 1. The molecule has 0 unspecified atom stereocenters. The fourth-order valence-corrected chi connectivity index (χ4v) is 4.07. The molecule has 0 bridgehead atoms. The maximum absolute atomic E-state index is 12.0. The van der Waals surface area contributed by atoms with Gasteiger partial charge in [-0.05, 0) is 24.3 Å². The van der Waals surface area contributed by atoms with E-state index in [1.165, 1.54) is 11.4 Å². The van der Waals surface area contributed by atoms with E-state index >= 15 is 0 Å². The number of carboxylic acids is 1. The van der Waals surface area contributed by atoms with E-state index in [1.807, 2.05) is 13.8 Å². The van der Waals surface area contributed by atoms with Crippen LogP contribution >= 0.6 is 11.3 Å². The predicted molar refractivity (Wildman–Crippen MR) is 66.0 cm³/mol. The van der Waals surface area contributed by atoms with Gasteiger partial charge < -0.3 is 5.11 Å². The zero-order valence-electron chi connectivity index (χ0n) is 9.63. The Kier molecular flexibility index (Phi) is 4.67. The summed E-state index contributed by atoms with van der Waals surface area (Å²) in [7, 11) is -3.74. The van der Waals surface area contributed by atoms with Crippen LogP contribution in [0.1, 0.15) is 36.4 Å². The Labute approximate surface area is 105 Å². The molecule has 96 valence electrons. The van der Waals surface area contributed by atoms with E-state index in [4.69, 9.17) is 5.11 Å². The second kappa shape index (κ2) is 5.61. The molecule has 0 atom stereocenters. The smallest absolute Gasteiger partial charge is 0.347 e. The van der Waals surface area contributed by atoms with E-state index in [2.05, 4.69) is 4.72 Å². The Morgan fingerprint density at radius 1 is 1.47 bits per heavy atom. The van der Waals surface area contributed by atoms with Crippen molar-refractivity contribution in [2.45, 2.75) is 37.6 Å². The summed E-state index contributed by atoms with van der Waals surface area (Å²) in [6, 6.07) is 1.15. The first kappa shape index (κ1) is 14.1. The number of carboxylic acid groups (broad SMARTS) is 1. The lowest BCUT2D eigenvalue weighted by Crippen LogP contribution is -2.34. The molecule has 0 amide bonds. The zero-order chi connectivity index (χ0) is 13.1. The lowest BCUT2D eigenvalue weighted by atomic mass is 10.2. The highest BCUT2D eigenvalue weighted by Crippen LogP contribution is 2.22. The monoisotopic (exact) mass is 277 g/mol. The third-order valence-electron chi connectivity index (χ3n) is 2.42.